The van der Waals surface area contributed by atoms with Crippen LogP contribution in [0, 0.1) is 23.7 Å². The smallest absolute Gasteiger partial charge is 0.287 e. The minimum Gasteiger partial charge on any atom is -0.287 e. The molecule has 0 aromatic heterocycles. The highest BCUT2D eigenvalue weighted by Crippen LogP contribution is 2.64. The molecule has 2 aliphatic carbocycles. The second kappa shape index (κ2) is 14.3. The molecule has 2 aliphatic rings. The summed E-state index contributed by atoms with van der Waals surface area (Å²) in [6.07, 6.45) is 4.12. The molecule has 288 valence electrons. The second-order valence-electron chi connectivity index (χ2n) is 13.4. The van der Waals surface area contributed by atoms with Crippen molar-refractivity contribution in [2.24, 2.45) is 23.7 Å². The van der Waals surface area contributed by atoms with E-state index in [1.165, 1.54) is 32.1 Å². The number of ketones is 1. The Morgan fingerprint density at radius 1 is 0.520 bits per heavy atom. The molecule has 0 heterocycles. The van der Waals surface area contributed by atoms with E-state index in [1.807, 2.05) is 0 Å². The third kappa shape index (κ3) is 7.19. The Hall–Kier alpha value is -2.30. The molecule has 1 aromatic rings. The number of carbonyl (C=O) groups is 1. The van der Waals surface area contributed by atoms with Gasteiger partial charge in [-0.3, -0.25) is 4.79 Å². The highest BCUT2D eigenvalue weighted by Gasteiger charge is 2.95. The molecular formula is C32H35F17O. The number of rotatable bonds is 14. The minimum absolute atomic E-state index is 0.275. The molecule has 18 heteroatoms. The van der Waals surface area contributed by atoms with Crippen LogP contribution in [0.5, 0.6) is 0 Å². The van der Waals surface area contributed by atoms with Crippen LogP contribution in [-0.4, -0.2) is 53.4 Å². The first-order chi connectivity index (χ1) is 22.6. The Bertz CT molecular complexity index is 1290. The van der Waals surface area contributed by atoms with E-state index in [0.717, 1.165) is 50.2 Å². The highest BCUT2D eigenvalue weighted by molar-refractivity contribution is 6.02. The van der Waals surface area contributed by atoms with E-state index in [2.05, 4.69) is 6.92 Å². The van der Waals surface area contributed by atoms with Crippen LogP contribution in [0.4, 0.5) is 74.6 Å². The summed E-state index contributed by atoms with van der Waals surface area (Å²) < 4.78 is 230. The molecule has 0 N–H and O–H groups in total. The number of halogens is 17. The van der Waals surface area contributed by atoms with E-state index in [-0.39, 0.29) is 12.3 Å². The molecule has 0 saturated heterocycles. The quantitative estimate of drug-likeness (QED) is 0.136. The Balaban J connectivity index is 1.68. The number of hydrogen-bond acceptors (Lipinski definition) is 1. The van der Waals surface area contributed by atoms with Crippen LogP contribution in [0.3, 0.4) is 0 Å². The van der Waals surface area contributed by atoms with E-state index in [1.54, 1.807) is 0 Å². The first-order valence-corrected chi connectivity index (χ1v) is 16.0. The molecule has 2 saturated carbocycles. The molecular weight excluding hydrogens is 723 g/mol. The number of aryl methyl sites for hydroxylation is 1. The predicted octanol–water partition coefficient (Wildman–Crippen LogP) is 12.2. The Kier molecular flexibility index (Phi) is 12.0. The van der Waals surface area contributed by atoms with E-state index < -0.39 is 59.0 Å². The molecule has 1 nitrogen and oxygen atoms in total. The number of hydrogen-bond donors (Lipinski definition) is 0. The van der Waals surface area contributed by atoms with Gasteiger partial charge in [0.1, 0.15) is 0 Å². The summed E-state index contributed by atoms with van der Waals surface area (Å²) >= 11 is 0. The van der Waals surface area contributed by atoms with E-state index >= 15 is 0 Å². The van der Waals surface area contributed by atoms with Gasteiger partial charge in [-0.25, -0.2) is 0 Å². The highest BCUT2D eigenvalue weighted by atomic mass is 19.4. The van der Waals surface area contributed by atoms with Crippen LogP contribution in [0.25, 0.3) is 0 Å². The largest absolute Gasteiger partial charge is 0.460 e. The Labute approximate surface area is 276 Å². The van der Waals surface area contributed by atoms with Gasteiger partial charge < -0.3 is 0 Å². The van der Waals surface area contributed by atoms with Gasteiger partial charge in [0.25, 0.3) is 0 Å². The molecule has 50 heavy (non-hydrogen) atoms. The fourth-order valence-electron chi connectivity index (χ4n) is 6.99. The molecule has 2 fully saturated rings. The summed E-state index contributed by atoms with van der Waals surface area (Å²) in [5, 5.41) is 0. The zero-order valence-corrected chi connectivity index (χ0v) is 26.4. The van der Waals surface area contributed by atoms with Gasteiger partial charge in [-0.05, 0) is 67.8 Å². The van der Waals surface area contributed by atoms with Crippen molar-refractivity contribution in [2.45, 2.75) is 132 Å². The summed E-state index contributed by atoms with van der Waals surface area (Å²) in [4.78, 5) is 12.1. The van der Waals surface area contributed by atoms with Crippen molar-refractivity contribution in [3.63, 3.8) is 0 Å². The summed E-state index contributed by atoms with van der Waals surface area (Å²) in [5.74, 6) is -59.0. The van der Waals surface area contributed by atoms with Gasteiger partial charge in [0.2, 0.25) is 5.78 Å². The van der Waals surface area contributed by atoms with Crippen LogP contribution in [0.2, 0.25) is 0 Å². The van der Waals surface area contributed by atoms with Crippen molar-refractivity contribution in [3.8, 4) is 0 Å². The van der Waals surface area contributed by atoms with Gasteiger partial charge in [0.05, 0.1) is 0 Å². The van der Waals surface area contributed by atoms with Crippen LogP contribution >= 0.6 is 0 Å². The molecule has 3 rings (SSSR count). The summed E-state index contributed by atoms with van der Waals surface area (Å²) in [5.41, 5.74) is -1.20. The molecule has 0 unspecified atom stereocenters. The maximum Gasteiger partial charge on any atom is 0.460 e. The van der Waals surface area contributed by atoms with Crippen LogP contribution < -0.4 is 0 Å². The Morgan fingerprint density at radius 3 is 1.26 bits per heavy atom. The zero-order valence-electron chi connectivity index (χ0n) is 26.4. The lowest BCUT2D eigenvalue weighted by Crippen LogP contribution is -2.75. The minimum atomic E-state index is -8.74. The third-order valence-electron chi connectivity index (χ3n) is 10.2. The molecule has 0 atom stereocenters. The van der Waals surface area contributed by atoms with E-state index in [0.29, 0.717) is 36.0 Å². The van der Waals surface area contributed by atoms with E-state index in [4.69, 9.17) is 0 Å². The van der Waals surface area contributed by atoms with Crippen LogP contribution in [0.1, 0.15) is 93.5 Å². The summed E-state index contributed by atoms with van der Waals surface area (Å²) in [6, 6.07) is 2.66. The van der Waals surface area contributed by atoms with Gasteiger partial charge in [0.15, 0.2) is 0 Å². The van der Waals surface area contributed by atoms with Gasteiger partial charge in [-0.2, -0.15) is 74.6 Å². The number of Topliss-reactive ketones (excluding diaryl/α,β-unsaturated/α-hetero) is 1. The van der Waals surface area contributed by atoms with E-state index in [9.17, 15) is 79.4 Å². The standard InChI is InChI=1S/C32H35F17O/c1-2-3-18-6-12-21(13-7-18)22-14-8-19(9-15-22)4-5-20-10-16-23(17-11-20)24(50)25(33,34)26(35,36)27(37,38)28(39,40)29(41,42)30(43,44)31(45,46)32(47,48)49/h10-11,16-19,21-22H,2-9,12-15H2,1H3. The van der Waals surface area contributed by atoms with Crippen LogP contribution in [-0.2, 0) is 6.42 Å². The number of alkyl halides is 17. The van der Waals surface area contributed by atoms with Crippen molar-refractivity contribution < 1.29 is 79.4 Å². The maximum atomic E-state index is 14.5. The normalized spacial score (nSPS) is 24.0. The summed E-state index contributed by atoms with van der Waals surface area (Å²) in [6.45, 7) is 2.16. The van der Waals surface area contributed by atoms with Crippen molar-refractivity contribution in [1.82, 2.24) is 0 Å². The molecule has 0 spiro atoms. The lowest BCUT2D eigenvalue weighted by atomic mass is 9.68. The SMILES string of the molecule is CCCC1CCC(C2CCC(CCc3ccc(C(=O)C(F)(F)C(F)(F)C(F)(F)C(F)(F)C(F)(F)C(F)(F)C(F)(F)C(F)(F)F)cc3)CC2)CC1. The van der Waals surface area contributed by atoms with Gasteiger partial charge in [-0.15, -0.1) is 0 Å². The Morgan fingerprint density at radius 2 is 0.880 bits per heavy atom. The fourth-order valence-corrected chi connectivity index (χ4v) is 6.99. The monoisotopic (exact) mass is 758 g/mol. The molecule has 0 bridgehead atoms. The second-order valence-corrected chi connectivity index (χ2v) is 13.4. The molecule has 0 amide bonds. The average Bonchev–Trinajstić information content (AvgIpc) is 3.03. The average molecular weight is 759 g/mol. The first kappa shape index (κ1) is 42.1. The molecule has 0 aliphatic heterocycles. The summed E-state index contributed by atoms with van der Waals surface area (Å²) in [7, 11) is 0. The van der Waals surface area contributed by atoms with Crippen molar-refractivity contribution in [3.05, 3.63) is 35.4 Å². The topological polar surface area (TPSA) is 17.1 Å². The van der Waals surface area contributed by atoms with Crippen molar-refractivity contribution in [2.75, 3.05) is 0 Å². The lowest BCUT2D eigenvalue weighted by molar-refractivity contribution is -0.459. The zero-order chi connectivity index (χ0) is 38.4. The fraction of sp³-hybridized carbons (Fsp3) is 0.781. The van der Waals surface area contributed by atoms with Gasteiger partial charge in [-0.1, -0.05) is 69.7 Å². The molecule has 1 aromatic carbocycles. The van der Waals surface area contributed by atoms with Crippen molar-refractivity contribution in [1.29, 1.82) is 0 Å². The van der Waals surface area contributed by atoms with Gasteiger partial charge in [0, 0.05) is 5.56 Å². The predicted molar refractivity (Wildman–Crippen MR) is 146 cm³/mol. The lowest BCUT2D eigenvalue weighted by Gasteiger charge is -2.42. The first-order valence-electron chi connectivity index (χ1n) is 16.0. The number of carbonyl (C=O) groups excluding carboxylic acids is 1. The van der Waals surface area contributed by atoms with Crippen LogP contribution in [0.15, 0.2) is 24.3 Å². The van der Waals surface area contributed by atoms with Gasteiger partial charge >= 0.3 is 47.6 Å². The van der Waals surface area contributed by atoms with Crippen molar-refractivity contribution >= 4 is 5.78 Å². The third-order valence-corrected chi connectivity index (χ3v) is 10.2. The number of benzene rings is 1. The molecule has 0 radical (unpaired) electrons. The maximum absolute atomic E-state index is 14.5.